The van der Waals surface area contributed by atoms with Gasteiger partial charge in [0.15, 0.2) is 0 Å². The zero-order valence-electron chi connectivity index (χ0n) is 16.4. The number of aryl methyl sites for hydroxylation is 3. The number of amides is 1. The van der Waals surface area contributed by atoms with Crippen LogP contribution in [0.1, 0.15) is 32.9 Å². The van der Waals surface area contributed by atoms with Crippen LogP contribution in [0.3, 0.4) is 0 Å². The number of hydrogen-bond acceptors (Lipinski definition) is 5. The number of carbonyl (C=O) groups excluding carboxylic acids is 1. The van der Waals surface area contributed by atoms with E-state index >= 15 is 0 Å². The maximum atomic E-state index is 13.1. The van der Waals surface area contributed by atoms with E-state index in [9.17, 15) is 4.79 Å². The maximum absolute atomic E-state index is 13.1. The minimum atomic E-state index is 0.152. The van der Waals surface area contributed by atoms with Crippen molar-refractivity contribution in [3.05, 3.63) is 39.9 Å². The molecular formula is C21H28N4OS. The Hall–Kier alpha value is -1.76. The molecular weight excluding hydrogens is 356 g/mol. The van der Waals surface area contributed by atoms with Gasteiger partial charge in [0, 0.05) is 50.9 Å². The summed E-state index contributed by atoms with van der Waals surface area (Å²) in [6, 6.07) is 6.90. The van der Waals surface area contributed by atoms with Crippen molar-refractivity contribution in [3.63, 3.8) is 0 Å². The fraction of sp³-hybridized carbons (Fsp3) is 0.524. The van der Waals surface area contributed by atoms with Gasteiger partial charge in [-0.05, 0) is 32.8 Å². The molecule has 1 unspecified atom stereocenters. The van der Waals surface area contributed by atoms with Crippen LogP contribution in [-0.2, 0) is 0 Å². The first-order valence-electron chi connectivity index (χ1n) is 9.82. The lowest BCUT2D eigenvalue weighted by Gasteiger charge is -2.32. The number of nitrogens with one attached hydrogen (secondary N) is 1. The average molecular weight is 385 g/mol. The Balaban J connectivity index is 1.50. The molecule has 1 N–H and O–H groups in total. The molecule has 1 atom stereocenters. The number of benzene rings is 1. The highest BCUT2D eigenvalue weighted by Crippen LogP contribution is 2.32. The first-order chi connectivity index (χ1) is 13.0. The number of piperazine rings is 1. The van der Waals surface area contributed by atoms with E-state index < -0.39 is 0 Å². The van der Waals surface area contributed by atoms with Crippen LogP contribution in [0.2, 0.25) is 0 Å². The largest absolute Gasteiger partial charge is 0.336 e. The van der Waals surface area contributed by atoms with E-state index in [0.29, 0.717) is 6.04 Å². The van der Waals surface area contributed by atoms with Crippen LogP contribution in [-0.4, -0.2) is 66.0 Å². The van der Waals surface area contributed by atoms with Gasteiger partial charge < -0.3 is 10.2 Å². The minimum absolute atomic E-state index is 0.152. The third-order valence-electron chi connectivity index (χ3n) is 5.72. The van der Waals surface area contributed by atoms with E-state index in [0.717, 1.165) is 66.8 Å². The van der Waals surface area contributed by atoms with Crippen molar-refractivity contribution in [2.45, 2.75) is 33.2 Å². The molecule has 2 aliphatic rings. The Morgan fingerprint density at radius 2 is 1.96 bits per heavy atom. The molecule has 0 spiro atoms. The van der Waals surface area contributed by atoms with Crippen molar-refractivity contribution in [1.29, 1.82) is 0 Å². The van der Waals surface area contributed by atoms with Gasteiger partial charge in [0.05, 0.1) is 5.69 Å². The first kappa shape index (κ1) is 18.6. The number of aromatic nitrogens is 1. The smallest absolute Gasteiger partial charge is 0.265 e. The summed E-state index contributed by atoms with van der Waals surface area (Å²) in [5, 5.41) is 4.35. The molecule has 1 aromatic heterocycles. The Bertz CT molecular complexity index is 841. The lowest BCUT2D eigenvalue weighted by atomic mass is 10.1. The molecule has 0 radical (unpaired) electrons. The van der Waals surface area contributed by atoms with Crippen molar-refractivity contribution in [2.75, 3.05) is 39.3 Å². The van der Waals surface area contributed by atoms with Crippen LogP contribution < -0.4 is 5.32 Å². The third kappa shape index (κ3) is 3.79. The maximum Gasteiger partial charge on any atom is 0.265 e. The number of likely N-dealkylation sites (tertiary alicyclic amines) is 1. The molecule has 4 rings (SSSR count). The van der Waals surface area contributed by atoms with Gasteiger partial charge in [0.2, 0.25) is 0 Å². The topological polar surface area (TPSA) is 48.5 Å². The molecule has 6 heteroatoms. The summed E-state index contributed by atoms with van der Waals surface area (Å²) < 4.78 is 0. The Labute approximate surface area is 165 Å². The molecule has 3 heterocycles. The van der Waals surface area contributed by atoms with E-state index in [4.69, 9.17) is 4.98 Å². The van der Waals surface area contributed by atoms with Gasteiger partial charge in [-0.1, -0.05) is 23.8 Å². The van der Waals surface area contributed by atoms with Gasteiger partial charge in [-0.25, -0.2) is 4.98 Å². The molecule has 144 valence electrons. The Morgan fingerprint density at radius 1 is 1.19 bits per heavy atom. The van der Waals surface area contributed by atoms with E-state index in [1.807, 2.05) is 11.8 Å². The van der Waals surface area contributed by atoms with E-state index in [1.54, 1.807) is 0 Å². The average Bonchev–Trinajstić information content (AvgIpc) is 3.29. The molecule has 27 heavy (non-hydrogen) atoms. The van der Waals surface area contributed by atoms with Crippen LogP contribution >= 0.6 is 11.3 Å². The van der Waals surface area contributed by atoms with E-state index in [2.05, 4.69) is 42.3 Å². The van der Waals surface area contributed by atoms with Crippen molar-refractivity contribution >= 4 is 17.2 Å². The van der Waals surface area contributed by atoms with E-state index in [1.165, 1.54) is 22.5 Å². The van der Waals surface area contributed by atoms with E-state index in [-0.39, 0.29) is 5.91 Å². The summed E-state index contributed by atoms with van der Waals surface area (Å²) in [4.78, 5) is 23.2. The summed E-state index contributed by atoms with van der Waals surface area (Å²) in [7, 11) is 0. The van der Waals surface area contributed by atoms with Gasteiger partial charge in [-0.2, -0.15) is 0 Å². The summed E-state index contributed by atoms with van der Waals surface area (Å²) in [6.45, 7) is 12.1. The fourth-order valence-electron chi connectivity index (χ4n) is 4.18. The van der Waals surface area contributed by atoms with Crippen molar-refractivity contribution in [2.24, 2.45) is 0 Å². The zero-order valence-corrected chi connectivity index (χ0v) is 17.2. The van der Waals surface area contributed by atoms with Crippen molar-refractivity contribution < 1.29 is 4.79 Å². The molecule has 2 fully saturated rings. The van der Waals surface area contributed by atoms with Gasteiger partial charge in [0.1, 0.15) is 9.88 Å². The van der Waals surface area contributed by atoms with Crippen LogP contribution in [0.25, 0.3) is 10.6 Å². The highest BCUT2D eigenvalue weighted by Gasteiger charge is 2.32. The number of thiazole rings is 1. The monoisotopic (exact) mass is 384 g/mol. The predicted molar refractivity (Wildman–Crippen MR) is 111 cm³/mol. The van der Waals surface area contributed by atoms with Crippen molar-refractivity contribution in [1.82, 2.24) is 20.1 Å². The van der Waals surface area contributed by atoms with Crippen LogP contribution in [0.4, 0.5) is 0 Å². The highest BCUT2D eigenvalue weighted by molar-refractivity contribution is 7.17. The summed E-state index contributed by atoms with van der Waals surface area (Å²) in [6.07, 6.45) is 1.08. The van der Waals surface area contributed by atoms with Crippen LogP contribution in [0.15, 0.2) is 18.2 Å². The lowest BCUT2D eigenvalue weighted by molar-refractivity contribution is 0.0777. The minimum Gasteiger partial charge on any atom is -0.336 e. The summed E-state index contributed by atoms with van der Waals surface area (Å²) in [5.41, 5.74) is 4.44. The molecule has 5 nitrogen and oxygen atoms in total. The number of nitrogens with zero attached hydrogens (tertiary/aromatic N) is 3. The fourth-order valence-corrected chi connectivity index (χ4v) is 5.30. The van der Waals surface area contributed by atoms with Gasteiger partial charge >= 0.3 is 0 Å². The van der Waals surface area contributed by atoms with Gasteiger partial charge in [0.25, 0.3) is 5.91 Å². The third-order valence-corrected chi connectivity index (χ3v) is 6.90. The number of carbonyl (C=O) groups is 1. The van der Waals surface area contributed by atoms with Gasteiger partial charge in [-0.15, -0.1) is 11.3 Å². The second-order valence-corrected chi connectivity index (χ2v) is 8.73. The SMILES string of the molecule is Cc1ccc(-c2nc(C)c(C(=O)N3CCC(N4CCNCC4)C3)s2)c(C)c1. The standard InChI is InChI=1S/C21H28N4OS/c1-14-4-5-18(15(2)12-14)20-23-16(3)19(27-20)21(26)25-9-6-17(13-25)24-10-7-22-8-11-24/h4-5,12,17,22H,6-11,13H2,1-3H3. The summed E-state index contributed by atoms with van der Waals surface area (Å²) >= 11 is 1.54. The molecule has 1 aromatic carbocycles. The van der Waals surface area contributed by atoms with Crippen LogP contribution in [0.5, 0.6) is 0 Å². The normalized spacial score (nSPS) is 21.0. The molecule has 0 aliphatic carbocycles. The lowest BCUT2D eigenvalue weighted by Crippen LogP contribution is -2.49. The first-order valence-corrected chi connectivity index (χ1v) is 10.6. The highest BCUT2D eigenvalue weighted by atomic mass is 32.1. The Kier molecular flexibility index (Phi) is 5.30. The molecule has 2 aromatic rings. The number of rotatable bonds is 3. The zero-order chi connectivity index (χ0) is 19.0. The Morgan fingerprint density at radius 3 is 2.70 bits per heavy atom. The number of hydrogen-bond donors (Lipinski definition) is 1. The second kappa shape index (κ2) is 7.70. The predicted octanol–water partition coefficient (Wildman–Crippen LogP) is 2.86. The summed E-state index contributed by atoms with van der Waals surface area (Å²) in [5.74, 6) is 0.152. The van der Waals surface area contributed by atoms with Gasteiger partial charge in [-0.3, -0.25) is 9.69 Å². The molecule has 1 amide bonds. The van der Waals surface area contributed by atoms with Crippen molar-refractivity contribution in [3.8, 4) is 10.6 Å². The van der Waals surface area contributed by atoms with Crippen LogP contribution in [0, 0.1) is 20.8 Å². The molecule has 2 aliphatic heterocycles. The molecule has 0 bridgehead atoms. The second-order valence-electron chi connectivity index (χ2n) is 7.73. The molecule has 0 saturated carbocycles. The quantitative estimate of drug-likeness (QED) is 0.884. The molecule has 2 saturated heterocycles.